The first kappa shape index (κ1) is 27.8. The van der Waals surface area contributed by atoms with E-state index in [-0.39, 0.29) is 36.2 Å². The molecular formula is C29H32FN2O5S. The number of phenolic OH excluding ortho intramolecular Hbond substituents is 2. The minimum atomic E-state index is -3.39. The summed E-state index contributed by atoms with van der Waals surface area (Å²) in [5.74, 6) is -2.25. The van der Waals surface area contributed by atoms with E-state index in [2.05, 4.69) is 6.07 Å². The second-order valence-corrected chi connectivity index (χ2v) is 12.0. The van der Waals surface area contributed by atoms with Crippen molar-refractivity contribution in [2.75, 3.05) is 39.5 Å². The molecule has 38 heavy (non-hydrogen) atoms. The molecule has 1 saturated heterocycles. The van der Waals surface area contributed by atoms with Crippen molar-refractivity contribution in [1.29, 1.82) is 0 Å². The first-order chi connectivity index (χ1) is 18.0. The molecule has 2 N–H and O–H groups in total. The van der Waals surface area contributed by atoms with E-state index in [1.54, 1.807) is 43.3 Å². The normalized spacial score (nSPS) is 20.5. The third-order valence-corrected chi connectivity index (χ3v) is 8.76. The van der Waals surface area contributed by atoms with Crippen LogP contribution < -0.4 is 0 Å². The van der Waals surface area contributed by atoms with Crippen LogP contribution in [-0.4, -0.2) is 73.1 Å². The van der Waals surface area contributed by atoms with Gasteiger partial charge in [0.05, 0.1) is 6.26 Å². The summed E-state index contributed by atoms with van der Waals surface area (Å²) in [6.45, 7) is 2.94. The number of hydrogen-bond donors (Lipinski definition) is 2. The monoisotopic (exact) mass is 539 g/mol. The minimum absolute atomic E-state index is 0.0233. The van der Waals surface area contributed by atoms with Crippen molar-refractivity contribution in [2.45, 2.75) is 18.8 Å². The highest BCUT2D eigenvalue weighted by Gasteiger charge is 2.44. The van der Waals surface area contributed by atoms with E-state index in [0.29, 0.717) is 35.3 Å². The smallest absolute Gasteiger partial charge is 0.210 e. The molecule has 3 aromatic carbocycles. The molecular weight excluding hydrogens is 507 g/mol. The van der Waals surface area contributed by atoms with E-state index in [4.69, 9.17) is 0 Å². The third-order valence-electron chi connectivity index (χ3n) is 7.45. The van der Waals surface area contributed by atoms with Crippen LogP contribution in [0.2, 0.25) is 0 Å². The Balaban J connectivity index is 1.84. The van der Waals surface area contributed by atoms with Gasteiger partial charge in [-0.15, -0.1) is 0 Å². The Bertz CT molecular complexity index is 1430. The molecule has 0 bridgehead atoms. The Hall–Kier alpha value is -3.27. The van der Waals surface area contributed by atoms with Gasteiger partial charge >= 0.3 is 0 Å². The topological polar surface area (TPSA) is 98.2 Å². The first-order valence-corrected chi connectivity index (χ1v) is 14.2. The third kappa shape index (κ3) is 5.90. The van der Waals surface area contributed by atoms with Gasteiger partial charge in [-0.25, -0.2) is 17.1 Å². The predicted octanol–water partition coefficient (Wildman–Crippen LogP) is 3.92. The van der Waals surface area contributed by atoms with Gasteiger partial charge in [0.1, 0.15) is 17.3 Å². The highest BCUT2D eigenvalue weighted by atomic mass is 32.2. The van der Waals surface area contributed by atoms with Crippen LogP contribution in [0.1, 0.15) is 38.9 Å². The second-order valence-electron chi connectivity index (χ2n) is 9.92. The second kappa shape index (κ2) is 11.2. The summed E-state index contributed by atoms with van der Waals surface area (Å²) in [7, 11) is -1.89. The maximum atomic E-state index is 14.8. The Morgan fingerprint density at radius 1 is 1.13 bits per heavy atom. The number of sulfonamides is 1. The molecule has 0 aromatic heterocycles. The Labute approximate surface area is 223 Å². The van der Waals surface area contributed by atoms with E-state index in [1.165, 1.54) is 29.6 Å². The molecule has 0 unspecified atom stereocenters. The molecule has 3 aromatic rings. The summed E-state index contributed by atoms with van der Waals surface area (Å²) in [4.78, 5) is 16.0. The summed E-state index contributed by atoms with van der Waals surface area (Å²) in [5, 5.41) is 20.9. The van der Waals surface area contributed by atoms with Gasteiger partial charge in [-0.3, -0.25) is 4.79 Å². The Morgan fingerprint density at radius 2 is 1.87 bits per heavy atom. The molecule has 0 amide bonds. The zero-order chi connectivity index (χ0) is 27.6. The largest absolute Gasteiger partial charge is 0.508 e. The number of benzene rings is 3. The highest BCUT2D eigenvalue weighted by Crippen LogP contribution is 2.47. The van der Waals surface area contributed by atoms with Crippen LogP contribution in [0, 0.1) is 24.7 Å². The molecule has 0 aliphatic carbocycles. The van der Waals surface area contributed by atoms with Crippen molar-refractivity contribution in [3.8, 4) is 11.5 Å². The number of carbonyl (C=O) groups excluding carboxylic acids is 1. The van der Waals surface area contributed by atoms with E-state index < -0.39 is 27.8 Å². The van der Waals surface area contributed by atoms with Gasteiger partial charge in [0.25, 0.3) is 0 Å². The van der Waals surface area contributed by atoms with Gasteiger partial charge in [0.15, 0.2) is 5.78 Å². The summed E-state index contributed by atoms with van der Waals surface area (Å²) >= 11 is 0. The van der Waals surface area contributed by atoms with Crippen molar-refractivity contribution in [1.82, 2.24) is 9.21 Å². The standard InChI is InChI=1S/C29H32FN2O5S/c1-19-22(11-7-12-26(19)30)28-24(23-10-4-5-13-27(23)34)17-32(15-14-31(2)38(3,36)37)18-25(28)29(35)20-8-6-9-21(33)16-20/h4-9,11-13,16,24-25,28,33-34H,14-15,17-18H2,1-3H3/t24-,25+,28-/m1/s1. The summed E-state index contributed by atoms with van der Waals surface area (Å²) in [6, 6.07) is 19.0. The number of Topliss-reactive ketones (excluding diaryl/α,β-unsaturated/α-hetero) is 1. The van der Waals surface area contributed by atoms with Gasteiger partial charge in [-0.1, -0.05) is 36.4 Å². The zero-order valence-corrected chi connectivity index (χ0v) is 22.5. The van der Waals surface area contributed by atoms with Gasteiger partial charge in [-0.05, 0) is 48.4 Å². The fraction of sp³-hybridized carbons (Fsp3) is 0.345. The van der Waals surface area contributed by atoms with Crippen LogP contribution in [0.25, 0.3) is 0 Å². The minimum Gasteiger partial charge on any atom is -0.508 e. The fourth-order valence-electron chi connectivity index (χ4n) is 5.32. The summed E-state index contributed by atoms with van der Waals surface area (Å²) in [5.41, 5.74) is 1.93. The van der Waals surface area contributed by atoms with Gasteiger partial charge < -0.3 is 15.1 Å². The average molecular weight is 540 g/mol. The molecule has 0 saturated carbocycles. The molecule has 3 atom stereocenters. The van der Waals surface area contributed by atoms with E-state index >= 15 is 0 Å². The number of phenols is 2. The zero-order valence-electron chi connectivity index (χ0n) is 21.6. The number of aromatic hydroxyl groups is 2. The highest BCUT2D eigenvalue weighted by molar-refractivity contribution is 7.88. The van der Waals surface area contributed by atoms with Crippen LogP contribution in [0.4, 0.5) is 4.39 Å². The van der Waals surface area contributed by atoms with Crippen molar-refractivity contribution >= 4 is 15.8 Å². The van der Waals surface area contributed by atoms with Crippen molar-refractivity contribution < 1.29 is 27.8 Å². The lowest BCUT2D eigenvalue weighted by Crippen LogP contribution is -2.49. The predicted molar refractivity (Wildman–Crippen MR) is 143 cm³/mol. The molecule has 1 fully saturated rings. The number of carbonyl (C=O) groups is 1. The molecule has 7 nitrogen and oxygen atoms in total. The molecule has 0 spiro atoms. The SMILES string of the molecule is Cc1c(F)cccc1[C@H]1[C@@H](C(=O)c2cccc(O)c2)CN(CCN(C)S(C)(=O)=O)C[C@@H]1c1[c]cccc1O. The molecule has 1 aliphatic rings. The molecule has 1 heterocycles. The van der Waals surface area contributed by atoms with Crippen LogP contribution in [0.5, 0.6) is 11.5 Å². The number of hydrogen-bond acceptors (Lipinski definition) is 6. The van der Waals surface area contributed by atoms with E-state index in [9.17, 15) is 27.8 Å². The number of rotatable bonds is 8. The van der Waals surface area contributed by atoms with Crippen LogP contribution in [-0.2, 0) is 10.0 Å². The number of likely N-dealkylation sites (tertiary alicyclic amines) is 1. The lowest BCUT2D eigenvalue weighted by Gasteiger charge is -2.44. The quantitative estimate of drug-likeness (QED) is 0.421. The number of halogens is 1. The van der Waals surface area contributed by atoms with E-state index in [0.717, 1.165) is 6.26 Å². The number of ketones is 1. The number of nitrogens with zero attached hydrogens (tertiary/aromatic N) is 2. The van der Waals surface area contributed by atoms with Gasteiger partial charge in [0, 0.05) is 62.1 Å². The van der Waals surface area contributed by atoms with E-state index in [1.807, 2.05) is 11.0 Å². The number of likely N-dealkylation sites (N-methyl/N-ethyl adjacent to an activating group) is 1. The average Bonchev–Trinajstić information content (AvgIpc) is 2.88. The molecule has 201 valence electrons. The maximum Gasteiger partial charge on any atom is 0.210 e. The molecule has 1 aliphatic heterocycles. The number of piperidine rings is 1. The molecule has 4 rings (SSSR count). The van der Waals surface area contributed by atoms with Crippen LogP contribution in [0.3, 0.4) is 0 Å². The molecule has 9 heteroatoms. The lowest BCUT2D eigenvalue weighted by atomic mass is 9.67. The van der Waals surface area contributed by atoms with Crippen molar-refractivity contribution in [3.05, 3.63) is 94.8 Å². The van der Waals surface area contributed by atoms with Gasteiger partial charge in [0.2, 0.25) is 10.0 Å². The van der Waals surface area contributed by atoms with Crippen LogP contribution >= 0.6 is 0 Å². The molecule has 1 radical (unpaired) electrons. The Kier molecular flexibility index (Phi) is 8.20. The lowest BCUT2D eigenvalue weighted by molar-refractivity contribution is 0.0731. The first-order valence-electron chi connectivity index (χ1n) is 12.4. The van der Waals surface area contributed by atoms with Crippen molar-refractivity contribution in [3.63, 3.8) is 0 Å². The summed E-state index contributed by atoms with van der Waals surface area (Å²) in [6.07, 6.45) is 1.14. The van der Waals surface area contributed by atoms with Gasteiger partial charge in [-0.2, -0.15) is 0 Å². The van der Waals surface area contributed by atoms with Crippen LogP contribution in [0.15, 0.2) is 60.7 Å². The fourth-order valence-corrected chi connectivity index (χ4v) is 5.73. The summed E-state index contributed by atoms with van der Waals surface area (Å²) < 4.78 is 40.0. The maximum absolute atomic E-state index is 14.8. The van der Waals surface area contributed by atoms with Crippen molar-refractivity contribution in [2.24, 2.45) is 5.92 Å². The Morgan fingerprint density at radius 3 is 2.55 bits per heavy atom.